The summed E-state index contributed by atoms with van der Waals surface area (Å²) in [5.41, 5.74) is 11.1. The summed E-state index contributed by atoms with van der Waals surface area (Å²) in [5, 5.41) is 12.8. The second-order valence-corrected chi connectivity index (χ2v) is 18.5. The average Bonchev–Trinajstić information content (AvgIpc) is 4.21. The number of hydrogen-bond acceptors (Lipinski definition) is 14. The zero-order chi connectivity index (χ0) is 49.3. The minimum atomic E-state index is -4.28. The fraction of sp³-hybridized carbons (Fsp3) is 0.417. The lowest BCUT2D eigenvalue weighted by Crippen LogP contribution is -2.57. The molecule has 0 aromatic carbocycles. The van der Waals surface area contributed by atoms with Crippen LogP contribution in [0, 0.1) is 0 Å². The van der Waals surface area contributed by atoms with Gasteiger partial charge in [-0.2, -0.15) is 36.3 Å². The van der Waals surface area contributed by atoms with Crippen molar-refractivity contribution >= 4 is 84.6 Å². The molecule has 10 heterocycles. The van der Waals surface area contributed by atoms with Gasteiger partial charge < -0.3 is 40.6 Å². The SMILES string of the molecule is FC(F)(F)C1CN(c2ccc(Cl)nc2)CCN1.FC(F)(F)C1CN(c2ccc(Nc3ncc4c5ccncc5n(C5CCCC5)c4n3)nc2)CCN1.Nc1ncc2c3ccncc3n(C3CCCC3)c2n1. The highest BCUT2D eigenvalue weighted by Gasteiger charge is 2.43. The first kappa shape index (κ1) is 48.0. The maximum absolute atomic E-state index is 13.1. The van der Waals surface area contributed by atoms with Gasteiger partial charge in [0.15, 0.2) is 0 Å². The maximum Gasteiger partial charge on any atom is 0.405 e. The van der Waals surface area contributed by atoms with Crippen LogP contribution in [0.25, 0.3) is 43.9 Å². The highest BCUT2D eigenvalue weighted by atomic mass is 35.5. The summed E-state index contributed by atoms with van der Waals surface area (Å²) in [6, 6.07) is 8.65. The smallest absolute Gasteiger partial charge is 0.368 e. The molecule has 4 fully saturated rings. The lowest BCUT2D eigenvalue weighted by atomic mass is 10.2. The van der Waals surface area contributed by atoms with Crippen molar-refractivity contribution in [2.75, 3.05) is 60.1 Å². The van der Waals surface area contributed by atoms with Gasteiger partial charge in [-0.05, 0) is 62.1 Å². The van der Waals surface area contributed by atoms with Gasteiger partial charge in [0.1, 0.15) is 34.3 Å². The Morgan fingerprint density at radius 1 is 0.577 bits per heavy atom. The largest absolute Gasteiger partial charge is 0.405 e. The van der Waals surface area contributed by atoms with E-state index in [1.165, 1.54) is 44.7 Å². The van der Waals surface area contributed by atoms with Crippen LogP contribution in [0.15, 0.2) is 86.0 Å². The number of alkyl halides is 6. The number of piperazine rings is 2. The fourth-order valence-corrected chi connectivity index (χ4v) is 10.3. The highest BCUT2D eigenvalue weighted by Crippen LogP contribution is 2.39. The first-order chi connectivity index (χ1) is 34.3. The van der Waals surface area contributed by atoms with Gasteiger partial charge in [0.25, 0.3) is 0 Å². The zero-order valence-corrected chi connectivity index (χ0v) is 39.1. The molecule has 12 rings (SSSR count). The van der Waals surface area contributed by atoms with Crippen LogP contribution < -0.4 is 31.5 Å². The number of pyridine rings is 4. The van der Waals surface area contributed by atoms with Crippen LogP contribution >= 0.6 is 11.6 Å². The summed E-state index contributed by atoms with van der Waals surface area (Å²) >= 11 is 5.63. The molecular formula is C48H51ClF6N16. The number of nitrogens with zero attached hydrogens (tertiary/aromatic N) is 12. The molecule has 2 aliphatic carbocycles. The van der Waals surface area contributed by atoms with Crippen LogP contribution in [-0.4, -0.2) is 113 Å². The summed E-state index contributed by atoms with van der Waals surface area (Å²) in [6.07, 6.45) is 15.3. The average molecular weight is 1000 g/mol. The molecule has 16 nitrogen and oxygen atoms in total. The van der Waals surface area contributed by atoms with Gasteiger partial charge >= 0.3 is 12.4 Å². The van der Waals surface area contributed by atoms with Crippen molar-refractivity contribution in [3.05, 3.63) is 91.1 Å². The number of hydrogen-bond donors (Lipinski definition) is 4. The summed E-state index contributed by atoms with van der Waals surface area (Å²) in [4.78, 5) is 38.1. The van der Waals surface area contributed by atoms with E-state index in [1.807, 2.05) is 43.1 Å². The molecule has 8 aromatic heterocycles. The Kier molecular flexibility index (Phi) is 13.7. The number of halogens is 7. The van der Waals surface area contributed by atoms with Gasteiger partial charge in [-0.3, -0.25) is 9.97 Å². The Morgan fingerprint density at radius 2 is 1.08 bits per heavy atom. The number of nitrogens with one attached hydrogen (secondary N) is 3. The molecule has 2 saturated heterocycles. The molecule has 0 amide bonds. The molecule has 8 aromatic rings. The standard InChI is InChI=1S/C24H25F3N8.C14H15N5.C10H11ClF3N3/c25-24(26,27)20-14-34(10-9-29-20)16-5-6-21(30-11-16)32-23-31-12-18-17-7-8-28-13-19(17)35(22(18)33-23)15-3-1-2-4-15;15-14-17-7-11-10-5-6-16-8-12(10)19(13(11)18-14)9-3-1-2-4-9;11-9-2-1-7(5-16-9)17-4-3-15-8(6-17)10(12,13)14/h5-8,11-13,15,20,29H,1-4,9-10,14H2,(H,30,31,32,33);5-9H,1-4H2,(H2,15,17,18);1-2,5,8,15H,3-4,6H2. The van der Waals surface area contributed by atoms with Crippen LogP contribution in [0.4, 0.5) is 55.4 Å². The van der Waals surface area contributed by atoms with Gasteiger partial charge in [-0.15, -0.1) is 0 Å². The van der Waals surface area contributed by atoms with Crippen molar-refractivity contribution in [3.63, 3.8) is 0 Å². The Labute approximate surface area is 408 Å². The van der Waals surface area contributed by atoms with Crippen LogP contribution in [0.3, 0.4) is 0 Å². The molecule has 0 spiro atoms. The predicted molar refractivity (Wildman–Crippen MR) is 262 cm³/mol. The van der Waals surface area contributed by atoms with Gasteiger partial charge in [0.2, 0.25) is 11.9 Å². The van der Waals surface area contributed by atoms with E-state index < -0.39 is 24.4 Å². The molecule has 0 radical (unpaired) electrons. The van der Waals surface area contributed by atoms with Crippen LogP contribution in [0.5, 0.6) is 0 Å². The van der Waals surface area contributed by atoms with E-state index in [4.69, 9.17) is 22.3 Å². The third kappa shape index (κ3) is 10.4. The summed E-state index contributed by atoms with van der Waals surface area (Å²) in [5.74, 6) is 1.29. The predicted octanol–water partition coefficient (Wildman–Crippen LogP) is 9.33. The van der Waals surface area contributed by atoms with Crippen molar-refractivity contribution in [3.8, 4) is 0 Å². The molecule has 23 heteroatoms. The normalized spacial score (nSPS) is 19.3. The molecule has 2 saturated carbocycles. The molecule has 5 N–H and O–H groups in total. The van der Waals surface area contributed by atoms with Crippen LogP contribution in [0.2, 0.25) is 5.15 Å². The Bertz CT molecular complexity index is 3100. The number of rotatable bonds is 6. The first-order valence-corrected chi connectivity index (χ1v) is 24.1. The Balaban J connectivity index is 0.000000136. The minimum Gasteiger partial charge on any atom is -0.368 e. The number of nitrogens with two attached hydrogens (primary N) is 1. The van der Waals surface area contributed by atoms with E-state index in [-0.39, 0.29) is 19.6 Å². The van der Waals surface area contributed by atoms with Crippen molar-refractivity contribution < 1.29 is 26.3 Å². The Morgan fingerprint density at radius 3 is 1.58 bits per heavy atom. The summed E-state index contributed by atoms with van der Waals surface area (Å²) < 4.78 is 81.6. The van der Waals surface area contributed by atoms with E-state index in [9.17, 15) is 26.3 Å². The fourth-order valence-electron chi connectivity index (χ4n) is 10.2. The maximum atomic E-state index is 13.1. The minimum absolute atomic E-state index is 0.104. The third-order valence-electron chi connectivity index (χ3n) is 13.7. The van der Waals surface area contributed by atoms with E-state index in [2.05, 4.69) is 60.0 Å². The van der Waals surface area contributed by atoms with Gasteiger partial charge in [-0.1, -0.05) is 37.3 Å². The topological polar surface area (TPSA) is 182 Å². The molecule has 2 aliphatic heterocycles. The number of anilines is 5. The second kappa shape index (κ2) is 20.2. The van der Waals surface area contributed by atoms with Gasteiger partial charge in [-0.25, -0.2) is 19.9 Å². The molecule has 71 heavy (non-hydrogen) atoms. The molecule has 372 valence electrons. The van der Waals surface area contributed by atoms with E-state index >= 15 is 0 Å². The molecule has 2 atom stereocenters. The van der Waals surface area contributed by atoms with Crippen LogP contribution in [-0.2, 0) is 0 Å². The van der Waals surface area contributed by atoms with Crippen LogP contribution in [0.1, 0.15) is 63.5 Å². The molecular weight excluding hydrogens is 950 g/mol. The quantitative estimate of drug-likeness (QED) is 0.0914. The number of nitrogen functional groups attached to an aromatic ring is 1. The van der Waals surface area contributed by atoms with Gasteiger partial charge in [0, 0.05) is 97.7 Å². The van der Waals surface area contributed by atoms with Crippen molar-refractivity contribution in [1.82, 2.24) is 59.6 Å². The van der Waals surface area contributed by atoms with E-state index in [0.717, 1.165) is 56.7 Å². The molecule has 2 unspecified atom stereocenters. The number of aromatic nitrogens is 10. The molecule has 4 aliphatic rings. The monoisotopic (exact) mass is 1000 g/mol. The van der Waals surface area contributed by atoms with E-state index in [1.54, 1.807) is 46.5 Å². The van der Waals surface area contributed by atoms with Crippen molar-refractivity contribution in [2.24, 2.45) is 0 Å². The number of fused-ring (bicyclic) bond motifs is 6. The molecule has 0 bridgehead atoms. The first-order valence-electron chi connectivity index (χ1n) is 23.7. The van der Waals surface area contributed by atoms with E-state index in [0.29, 0.717) is 66.0 Å². The second-order valence-electron chi connectivity index (χ2n) is 18.2. The zero-order valence-electron chi connectivity index (χ0n) is 38.4. The van der Waals surface area contributed by atoms with Crippen molar-refractivity contribution in [2.45, 2.75) is 87.9 Å². The van der Waals surface area contributed by atoms with Gasteiger partial charge in [0.05, 0.1) is 47.2 Å². The summed E-state index contributed by atoms with van der Waals surface area (Å²) in [7, 11) is 0. The van der Waals surface area contributed by atoms with Crippen molar-refractivity contribution in [1.29, 1.82) is 0 Å². The lowest BCUT2D eigenvalue weighted by Gasteiger charge is -2.35. The third-order valence-corrected chi connectivity index (χ3v) is 13.9. The Hall–Kier alpha value is -6.65. The highest BCUT2D eigenvalue weighted by molar-refractivity contribution is 6.29. The lowest BCUT2D eigenvalue weighted by molar-refractivity contribution is -0.156. The summed E-state index contributed by atoms with van der Waals surface area (Å²) in [6.45, 7) is 1.33.